The number of carbonyl (C=O) groups excluding carboxylic acids is 1. The normalized spacial score (nSPS) is 19.7. The lowest BCUT2D eigenvalue weighted by Gasteiger charge is -2.33. The van der Waals surface area contributed by atoms with Crippen molar-refractivity contribution in [1.82, 2.24) is 0 Å². The van der Waals surface area contributed by atoms with E-state index >= 15 is 0 Å². The fraction of sp³-hybridized carbons (Fsp3) is 0.107. The third kappa shape index (κ3) is 2.31. The van der Waals surface area contributed by atoms with Gasteiger partial charge in [0.05, 0.1) is 5.41 Å². The van der Waals surface area contributed by atoms with Crippen LogP contribution in [0.15, 0.2) is 115 Å². The van der Waals surface area contributed by atoms with Gasteiger partial charge in [-0.2, -0.15) is 0 Å². The van der Waals surface area contributed by atoms with E-state index in [0.29, 0.717) is 0 Å². The first kappa shape index (κ1) is 17.6. The molecule has 29 heavy (non-hydrogen) atoms. The van der Waals surface area contributed by atoms with Crippen LogP contribution in [-0.2, 0) is 15.6 Å². The second kappa shape index (κ2) is 6.56. The molecule has 0 heterocycles. The summed E-state index contributed by atoms with van der Waals surface area (Å²) >= 11 is 0. The molecule has 4 aromatic rings. The van der Waals surface area contributed by atoms with Crippen molar-refractivity contribution >= 4 is 5.78 Å². The smallest absolute Gasteiger partial charge is 0.166 e. The number of hydrogen-bond acceptors (Lipinski definition) is 1. The van der Waals surface area contributed by atoms with Crippen LogP contribution in [0.4, 0.5) is 0 Å². The first-order valence-corrected chi connectivity index (χ1v) is 10.0. The van der Waals surface area contributed by atoms with Crippen molar-refractivity contribution in [2.45, 2.75) is 17.8 Å². The summed E-state index contributed by atoms with van der Waals surface area (Å²) in [5, 5.41) is 0. The van der Waals surface area contributed by atoms with E-state index in [2.05, 4.69) is 55.5 Å². The molecule has 1 aliphatic carbocycles. The predicted molar refractivity (Wildman–Crippen MR) is 117 cm³/mol. The molecule has 4 aromatic carbocycles. The fourth-order valence-corrected chi connectivity index (χ4v) is 5.04. The van der Waals surface area contributed by atoms with E-state index in [4.69, 9.17) is 0 Å². The Morgan fingerprint density at radius 1 is 0.483 bits per heavy atom. The van der Waals surface area contributed by atoms with Crippen molar-refractivity contribution in [2.75, 3.05) is 0 Å². The fourth-order valence-electron chi connectivity index (χ4n) is 5.04. The Morgan fingerprint density at radius 2 is 0.862 bits per heavy atom. The summed E-state index contributed by atoms with van der Waals surface area (Å²) in [7, 11) is 0. The number of Topliss-reactive ketones (excluding diaryl/α,β-unsaturated/α-hetero) is 1. The maximum absolute atomic E-state index is 14.6. The summed E-state index contributed by atoms with van der Waals surface area (Å²) in [4.78, 5) is 14.6. The molecule has 1 unspecified atom stereocenters. The summed E-state index contributed by atoms with van der Waals surface area (Å²) in [5.74, 6) is 0.204. The highest BCUT2D eigenvalue weighted by atomic mass is 16.1. The van der Waals surface area contributed by atoms with Crippen LogP contribution < -0.4 is 0 Å². The molecule has 1 nitrogen and oxygen atoms in total. The zero-order valence-electron chi connectivity index (χ0n) is 16.4. The topological polar surface area (TPSA) is 17.1 Å². The molecule has 0 bridgehead atoms. The van der Waals surface area contributed by atoms with E-state index in [1.54, 1.807) is 0 Å². The largest absolute Gasteiger partial charge is 0.297 e. The van der Waals surface area contributed by atoms with Gasteiger partial charge in [-0.1, -0.05) is 115 Å². The molecule has 0 aliphatic heterocycles. The molecule has 0 spiro atoms. The second-order valence-corrected chi connectivity index (χ2v) is 7.85. The number of rotatable bonds is 3. The average molecular weight is 374 g/mol. The molecular formula is C28H22O. The van der Waals surface area contributed by atoms with Crippen molar-refractivity contribution < 1.29 is 4.79 Å². The van der Waals surface area contributed by atoms with E-state index in [1.807, 2.05) is 66.7 Å². The van der Waals surface area contributed by atoms with Gasteiger partial charge < -0.3 is 0 Å². The minimum Gasteiger partial charge on any atom is -0.297 e. The average Bonchev–Trinajstić information content (AvgIpc) is 3.01. The summed E-state index contributed by atoms with van der Waals surface area (Å²) < 4.78 is 0. The zero-order valence-corrected chi connectivity index (χ0v) is 16.4. The number of hydrogen-bond donors (Lipinski definition) is 0. The minimum atomic E-state index is -0.830. The lowest BCUT2D eigenvalue weighted by atomic mass is 9.66. The summed E-state index contributed by atoms with van der Waals surface area (Å²) in [6, 6.07) is 38.9. The third-order valence-corrected chi connectivity index (χ3v) is 6.43. The second-order valence-electron chi connectivity index (χ2n) is 7.85. The van der Waals surface area contributed by atoms with Crippen molar-refractivity contribution in [3.63, 3.8) is 0 Å². The number of ketones is 1. The van der Waals surface area contributed by atoms with Crippen LogP contribution in [0, 0.1) is 0 Å². The van der Waals surface area contributed by atoms with Crippen molar-refractivity contribution in [3.05, 3.63) is 143 Å². The predicted octanol–water partition coefficient (Wildman–Crippen LogP) is 5.91. The molecule has 140 valence electrons. The SMILES string of the molecule is CC1(c2ccccc2)C(=O)C(c2ccccc2)(c2ccccc2)c2ccccc21. The van der Waals surface area contributed by atoms with E-state index in [-0.39, 0.29) is 5.78 Å². The van der Waals surface area contributed by atoms with Gasteiger partial charge in [0.25, 0.3) is 0 Å². The molecule has 0 fully saturated rings. The van der Waals surface area contributed by atoms with Crippen LogP contribution in [0.25, 0.3) is 0 Å². The van der Waals surface area contributed by atoms with Crippen LogP contribution in [0.1, 0.15) is 34.7 Å². The number of carbonyl (C=O) groups is 1. The number of benzene rings is 4. The first-order chi connectivity index (χ1) is 14.2. The monoisotopic (exact) mass is 374 g/mol. The highest BCUT2D eigenvalue weighted by Crippen LogP contribution is 2.55. The highest BCUT2D eigenvalue weighted by molar-refractivity contribution is 6.11. The zero-order chi connectivity index (χ0) is 19.9. The van der Waals surface area contributed by atoms with Gasteiger partial charge >= 0.3 is 0 Å². The van der Waals surface area contributed by atoms with Gasteiger partial charge in [0.15, 0.2) is 5.78 Å². The third-order valence-electron chi connectivity index (χ3n) is 6.43. The molecule has 0 N–H and O–H groups in total. The van der Waals surface area contributed by atoms with Gasteiger partial charge in [0, 0.05) is 0 Å². The number of fused-ring (bicyclic) bond motifs is 1. The Balaban J connectivity index is 1.92. The van der Waals surface area contributed by atoms with Gasteiger partial charge in [-0.15, -0.1) is 0 Å². The Labute approximate surface area is 171 Å². The molecule has 0 radical (unpaired) electrons. The molecule has 0 saturated carbocycles. The minimum absolute atomic E-state index is 0.204. The van der Waals surface area contributed by atoms with Crippen LogP contribution >= 0.6 is 0 Å². The van der Waals surface area contributed by atoms with Gasteiger partial charge in [-0.25, -0.2) is 0 Å². The summed E-state index contributed by atoms with van der Waals surface area (Å²) in [5.41, 5.74) is 3.68. The molecule has 5 rings (SSSR count). The molecule has 0 amide bonds. The van der Waals surface area contributed by atoms with Crippen molar-refractivity contribution in [3.8, 4) is 0 Å². The standard InChI is InChI=1S/C28H22O/c1-27(21-13-5-2-6-14-21)24-19-11-12-20-25(24)28(26(27)29,22-15-7-3-8-16-22)23-17-9-4-10-18-23/h2-20H,1H3. The van der Waals surface area contributed by atoms with E-state index < -0.39 is 10.8 Å². The van der Waals surface area contributed by atoms with Crippen LogP contribution in [0.3, 0.4) is 0 Å². The molecule has 0 aromatic heterocycles. The maximum Gasteiger partial charge on any atom is 0.166 e. The Morgan fingerprint density at radius 3 is 1.34 bits per heavy atom. The maximum atomic E-state index is 14.6. The van der Waals surface area contributed by atoms with Crippen LogP contribution in [-0.4, -0.2) is 5.78 Å². The molecule has 0 saturated heterocycles. The van der Waals surface area contributed by atoms with Gasteiger partial charge in [-0.05, 0) is 34.7 Å². The highest BCUT2D eigenvalue weighted by Gasteiger charge is 2.59. The van der Waals surface area contributed by atoms with E-state index in [1.165, 1.54) is 0 Å². The van der Waals surface area contributed by atoms with Gasteiger partial charge in [-0.3, -0.25) is 4.79 Å². The first-order valence-electron chi connectivity index (χ1n) is 10.0. The lowest BCUT2D eigenvalue weighted by molar-refractivity contribution is -0.124. The molecule has 1 heteroatoms. The van der Waals surface area contributed by atoms with E-state index in [0.717, 1.165) is 27.8 Å². The van der Waals surface area contributed by atoms with Crippen LogP contribution in [0.5, 0.6) is 0 Å². The quantitative estimate of drug-likeness (QED) is 0.436. The molecular weight excluding hydrogens is 352 g/mol. The van der Waals surface area contributed by atoms with Crippen molar-refractivity contribution in [2.24, 2.45) is 0 Å². The van der Waals surface area contributed by atoms with E-state index in [9.17, 15) is 4.79 Å². The van der Waals surface area contributed by atoms with Gasteiger partial charge in [0.1, 0.15) is 5.41 Å². The Hall–Kier alpha value is -3.45. The van der Waals surface area contributed by atoms with Gasteiger partial charge in [0.2, 0.25) is 0 Å². The molecule has 1 aliphatic rings. The summed E-state index contributed by atoms with van der Waals surface area (Å²) in [6.07, 6.45) is 0. The Kier molecular flexibility index (Phi) is 3.99. The molecule has 1 atom stereocenters. The Bertz CT molecular complexity index is 1120. The van der Waals surface area contributed by atoms with Crippen molar-refractivity contribution in [1.29, 1.82) is 0 Å². The summed E-state index contributed by atoms with van der Waals surface area (Å²) in [6.45, 7) is 2.08. The van der Waals surface area contributed by atoms with Crippen LogP contribution in [0.2, 0.25) is 0 Å². The lowest BCUT2D eigenvalue weighted by Crippen LogP contribution is -2.42.